The normalized spacial score (nSPS) is 13.9. The second-order valence-corrected chi connectivity index (χ2v) is 7.83. The minimum absolute atomic E-state index is 0.0240. The maximum Gasteiger partial charge on any atom is 0.363 e. The van der Waals surface area contributed by atoms with Crippen LogP contribution in [0.3, 0.4) is 0 Å². The Hall–Kier alpha value is -4.50. The molecule has 0 spiro atoms. The summed E-state index contributed by atoms with van der Waals surface area (Å²) in [5, 5.41) is 11.1. The van der Waals surface area contributed by atoms with Crippen LogP contribution in [0.15, 0.2) is 71.4 Å². The van der Waals surface area contributed by atoms with Crippen LogP contribution < -0.4 is 9.47 Å². The summed E-state index contributed by atoms with van der Waals surface area (Å²) in [6.07, 6.45) is 1.45. The molecule has 176 valence electrons. The molecule has 0 N–H and O–H groups in total. The number of nitro groups is 1. The fourth-order valence-electron chi connectivity index (χ4n) is 3.18. The molecule has 4 rings (SSSR count). The van der Waals surface area contributed by atoms with E-state index in [1.807, 2.05) is 6.92 Å². The minimum Gasteiger partial charge on any atom is -0.493 e. The first kappa shape index (κ1) is 23.7. The molecule has 10 heteroatoms. The summed E-state index contributed by atoms with van der Waals surface area (Å²) in [5.41, 5.74) is 1.80. The lowest BCUT2D eigenvalue weighted by Crippen LogP contribution is -2.09. The molecule has 1 heterocycles. The van der Waals surface area contributed by atoms with Crippen molar-refractivity contribution in [3.63, 3.8) is 0 Å². The summed E-state index contributed by atoms with van der Waals surface area (Å²) in [7, 11) is 1.42. The van der Waals surface area contributed by atoms with E-state index in [-0.39, 0.29) is 39.4 Å². The Labute approximate surface area is 204 Å². The molecule has 0 aliphatic carbocycles. The third kappa shape index (κ3) is 5.20. The smallest absolute Gasteiger partial charge is 0.363 e. The monoisotopic (exact) mass is 492 g/mol. The first-order valence-corrected chi connectivity index (χ1v) is 10.6. The number of aryl methyl sites for hydroxylation is 1. The van der Waals surface area contributed by atoms with Crippen LogP contribution in [-0.4, -0.2) is 29.9 Å². The van der Waals surface area contributed by atoms with Crippen LogP contribution in [-0.2, 0) is 9.53 Å². The zero-order chi connectivity index (χ0) is 25.1. The molecule has 0 bridgehead atoms. The highest BCUT2D eigenvalue weighted by Crippen LogP contribution is 2.31. The molecule has 0 saturated heterocycles. The number of benzene rings is 3. The number of hydrogen-bond donors (Lipinski definition) is 0. The second kappa shape index (κ2) is 9.78. The lowest BCUT2D eigenvalue weighted by Gasteiger charge is -2.10. The number of esters is 2. The zero-order valence-corrected chi connectivity index (χ0v) is 19.2. The fourth-order valence-corrected chi connectivity index (χ4v) is 3.37. The molecule has 9 nitrogen and oxygen atoms in total. The van der Waals surface area contributed by atoms with Gasteiger partial charge in [-0.1, -0.05) is 35.4 Å². The molecule has 1 aliphatic rings. The van der Waals surface area contributed by atoms with Crippen molar-refractivity contribution in [2.24, 2.45) is 4.99 Å². The summed E-state index contributed by atoms with van der Waals surface area (Å²) in [5.74, 6) is -0.890. The molecule has 0 fully saturated rings. The molecule has 35 heavy (non-hydrogen) atoms. The number of carbonyl (C=O) groups is 2. The molecular formula is C25H17ClN2O7. The molecule has 3 aromatic rings. The lowest BCUT2D eigenvalue weighted by molar-refractivity contribution is -0.384. The van der Waals surface area contributed by atoms with Crippen LogP contribution in [0.4, 0.5) is 5.69 Å². The third-order valence-corrected chi connectivity index (χ3v) is 5.31. The fraction of sp³-hybridized carbons (Fsp3) is 0.0800. The SMILES string of the molecule is COc1cc(/C=C2\N=C(c3ccc(Cl)c([N+](=O)[O-])c3)OC2=O)ccc1OC(=O)c1ccc(C)cc1. The number of rotatable bonds is 6. The number of aliphatic imine (C=N–C) groups is 1. The number of halogens is 1. The average Bonchev–Trinajstić information content (AvgIpc) is 3.20. The van der Waals surface area contributed by atoms with E-state index in [0.717, 1.165) is 5.56 Å². The Morgan fingerprint density at radius 1 is 1.09 bits per heavy atom. The minimum atomic E-state index is -0.730. The van der Waals surface area contributed by atoms with E-state index in [1.165, 1.54) is 37.5 Å². The maximum absolute atomic E-state index is 12.4. The molecule has 0 saturated carbocycles. The van der Waals surface area contributed by atoms with Gasteiger partial charge in [-0.3, -0.25) is 10.1 Å². The summed E-state index contributed by atoms with van der Waals surface area (Å²) >= 11 is 5.83. The van der Waals surface area contributed by atoms with E-state index in [1.54, 1.807) is 36.4 Å². The van der Waals surface area contributed by atoms with E-state index in [2.05, 4.69) is 4.99 Å². The van der Waals surface area contributed by atoms with Gasteiger partial charge in [-0.15, -0.1) is 0 Å². The number of ether oxygens (including phenoxy) is 3. The van der Waals surface area contributed by atoms with E-state index in [9.17, 15) is 19.7 Å². The topological polar surface area (TPSA) is 117 Å². The van der Waals surface area contributed by atoms with E-state index in [4.69, 9.17) is 25.8 Å². The van der Waals surface area contributed by atoms with Gasteiger partial charge < -0.3 is 14.2 Å². The quantitative estimate of drug-likeness (QED) is 0.154. The largest absolute Gasteiger partial charge is 0.493 e. The zero-order valence-electron chi connectivity index (χ0n) is 18.5. The Morgan fingerprint density at radius 2 is 1.83 bits per heavy atom. The van der Waals surface area contributed by atoms with Crippen LogP contribution in [0.2, 0.25) is 5.02 Å². The van der Waals surface area contributed by atoms with Gasteiger partial charge in [0.05, 0.1) is 17.6 Å². The van der Waals surface area contributed by atoms with Crippen molar-refractivity contribution in [1.82, 2.24) is 0 Å². The van der Waals surface area contributed by atoms with Gasteiger partial charge in [-0.05, 0) is 55.0 Å². The summed E-state index contributed by atoms with van der Waals surface area (Å²) in [6.45, 7) is 1.91. The van der Waals surface area contributed by atoms with Gasteiger partial charge in [0, 0.05) is 11.6 Å². The Balaban J connectivity index is 1.58. The standard InChI is InChI=1S/C25H17ClN2O7/c1-14-3-6-16(7-4-14)24(29)34-21-10-5-15(12-22(21)33-2)11-19-25(30)35-23(27-19)17-8-9-18(26)20(13-17)28(31)32/h3-13H,1-2H3/b19-11-. The van der Waals surface area contributed by atoms with Gasteiger partial charge in [0.1, 0.15) is 5.02 Å². The highest BCUT2D eigenvalue weighted by Gasteiger charge is 2.26. The van der Waals surface area contributed by atoms with Crippen molar-refractivity contribution in [3.8, 4) is 11.5 Å². The van der Waals surface area contributed by atoms with E-state index in [0.29, 0.717) is 11.1 Å². The van der Waals surface area contributed by atoms with Gasteiger partial charge in [0.2, 0.25) is 5.90 Å². The number of hydrogen-bond acceptors (Lipinski definition) is 8. The van der Waals surface area contributed by atoms with Crippen LogP contribution in [0.25, 0.3) is 6.08 Å². The highest BCUT2D eigenvalue weighted by atomic mass is 35.5. The van der Waals surface area contributed by atoms with Crippen LogP contribution >= 0.6 is 11.6 Å². The van der Waals surface area contributed by atoms with Crippen molar-refractivity contribution in [2.75, 3.05) is 7.11 Å². The number of methoxy groups -OCH3 is 1. The number of nitrogens with zero attached hydrogens (tertiary/aromatic N) is 2. The van der Waals surface area contributed by atoms with Crippen molar-refractivity contribution in [2.45, 2.75) is 6.92 Å². The van der Waals surface area contributed by atoms with Crippen LogP contribution in [0.5, 0.6) is 11.5 Å². The Morgan fingerprint density at radius 3 is 2.51 bits per heavy atom. The second-order valence-electron chi connectivity index (χ2n) is 7.43. The molecule has 0 radical (unpaired) electrons. The summed E-state index contributed by atoms with van der Waals surface area (Å²) in [4.78, 5) is 39.4. The van der Waals surface area contributed by atoms with Gasteiger partial charge in [-0.2, -0.15) is 0 Å². The molecule has 1 aliphatic heterocycles. The first-order chi connectivity index (χ1) is 16.7. The Kier molecular flexibility index (Phi) is 6.61. The molecule has 0 unspecified atom stereocenters. The van der Waals surface area contributed by atoms with Crippen molar-refractivity contribution < 1.29 is 28.7 Å². The van der Waals surface area contributed by atoms with Crippen molar-refractivity contribution in [1.29, 1.82) is 0 Å². The van der Waals surface area contributed by atoms with Gasteiger partial charge in [0.15, 0.2) is 17.2 Å². The molecule has 0 aromatic heterocycles. The van der Waals surface area contributed by atoms with Crippen LogP contribution in [0.1, 0.15) is 27.0 Å². The molecular weight excluding hydrogens is 476 g/mol. The summed E-state index contributed by atoms with van der Waals surface area (Å²) in [6, 6.07) is 15.6. The maximum atomic E-state index is 12.4. The van der Waals surface area contributed by atoms with Gasteiger partial charge >= 0.3 is 11.9 Å². The predicted octanol–water partition coefficient (Wildman–Crippen LogP) is 5.13. The molecule has 0 atom stereocenters. The summed E-state index contributed by atoms with van der Waals surface area (Å²) < 4.78 is 16.0. The van der Waals surface area contributed by atoms with Crippen LogP contribution in [0, 0.1) is 17.0 Å². The third-order valence-electron chi connectivity index (χ3n) is 4.99. The van der Waals surface area contributed by atoms with Gasteiger partial charge in [-0.25, -0.2) is 14.6 Å². The van der Waals surface area contributed by atoms with Crippen molar-refractivity contribution in [3.05, 3.63) is 104 Å². The highest BCUT2D eigenvalue weighted by molar-refractivity contribution is 6.32. The average molecular weight is 493 g/mol. The lowest BCUT2D eigenvalue weighted by atomic mass is 10.1. The Bertz CT molecular complexity index is 1410. The molecule has 0 amide bonds. The number of cyclic esters (lactones) is 1. The molecule has 3 aromatic carbocycles. The van der Waals surface area contributed by atoms with Gasteiger partial charge in [0.25, 0.3) is 5.69 Å². The first-order valence-electron chi connectivity index (χ1n) is 10.2. The van der Waals surface area contributed by atoms with Crippen molar-refractivity contribution >= 4 is 41.2 Å². The predicted molar refractivity (Wildman–Crippen MR) is 128 cm³/mol. The van der Waals surface area contributed by atoms with E-state index >= 15 is 0 Å². The number of nitro benzene ring substituents is 1. The number of carbonyl (C=O) groups excluding carboxylic acids is 2. The van der Waals surface area contributed by atoms with E-state index < -0.39 is 16.9 Å².